The Morgan fingerprint density at radius 1 is 1.56 bits per heavy atom. The van der Waals surface area contributed by atoms with Crippen LogP contribution in [-0.4, -0.2) is 68.3 Å². The van der Waals surface area contributed by atoms with Crippen LogP contribution in [0.5, 0.6) is 0 Å². The van der Waals surface area contributed by atoms with Gasteiger partial charge in [-0.2, -0.15) is 0 Å². The molecule has 0 aromatic carbocycles. The van der Waals surface area contributed by atoms with Gasteiger partial charge in [-0.15, -0.1) is 0 Å². The van der Waals surface area contributed by atoms with E-state index in [-0.39, 0.29) is 38.1 Å². The highest BCUT2D eigenvalue weighted by molar-refractivity contribution is 5.85. The number of methoxy groups -OCH3 is 1. The van der Waals surface area contributed by atoms with Gasteiger partial charge >= 0.3 is 0 Å². The van der Waals surface area contributed by atoms with Crippen molar-refractivity contribution in [3.63, 3.8) is 0 Å². The van der Waals surface area contributed by atoms with Crippen molar-refractivity contribution in [1.82, 2.24) is 10.2 Å². The van der Waals surface area contributed by atoms with Crippen molar-refractivity contribution in [2.45, 2.75) is 6.10 Å². The van der Waals surface area contributed by atoms with E-state index in [1.165, 1.54) is 19.1 Å². The molecule has 94 valence electrons. The number of amides is 2. The summed E-state index contributed by atoms with van der Waals surface area (Å²) in [6.07, 6.45) is -0.732. The molecule has 7 heteroatoms. The molecule has 1 atom stereocenters. The molecule has 0 heterocycles. The number of rotatable bonds is 7. The Kier molecular flexibility index (Phi) is 7.44. The molecule has 0 aliphatic carbocycles. The first-order chi connectivity index (χ1) is 7.51. The number of carbonyl (C=O) groups is 2. The van der Waals surface area contributed by atoms with Crippen LogP contribution in [0.2, 0.25) is 0 Å². The zero-order valence-electron chi connectivity index (χ0n) is 9.60. The molecule has 0 bridgehead atoms. The Balaban J connectivity index is 3.85. The number of likely N-dealkylation sites (N-methyl/N-ethyl adjacent to an activating group) is 1. The first-order valence-electron chi connectivity index (χ1n) is 4.89. The van der Waals surface area contributed by atoms with Gasteiger partial charge in [0.2, 0.25) is 11.8 Å². The van der Waals surface area contributed by atoms with Crippen LogP contribution in [0.4, 0.5) is 0 Å². The molecule has 16 heavy (non-hydrogen) atoms. The number of hydrogen-bond acceptors (Lipinski definition) is 5. The molecule has 0 rings (SSSR count). The van der Waals surface area contributed by atoms with Gasteiger partial charge in [0.1, 0.15) is 0 Å². The van der Waals surface area contributed by atoms with Crippen LogP contribution in [-0.2, 0) is 14.3 Å². The summed E-state index contributed by atoms with van der Waals surface area (Å²) in [5.74, 6) is -0.684. The van der Waals surface area contributed by atoms with Crippen LogP contribution in [0.25, 0.3) is 0 Å². The second-order valence-corrected chi connectivity index (χ2v) is 3.36. The van der Waals surface area contributed by atoms with E-state index >= 15 is 0 Å². The second-order valence-electron chi connectivity index (χ2n) is 3.36. The van der Waals surface area contributed by atoms with Gasteiger partial charge in [0, 0.05) is 20.7 Å². The minimum Gasteiger partial charge on any atom is -0.389 e. The van der Waals surface area contributed by atoms with Crippen LogP contribution < -0.4 is 11.1 Å². The van der Waals surface area contributed by atoms with E-state index in [4.69, 9.17) is 10.5 Å². The molecule has 0 aliphatic rings. The zero-order chi connectivity index (χ0) is 12.6. The van der Waals surface area contributed by atoms with Gasteiger partial charge in [-0.05, 0) is 0 Å². The Morgan fingerprint density at radius 2 is 2.19 bits per heavy atom. The number of aliphatic hydroxyl groups is 1. The summed E-state index contributed by atoms with van der Waals surface area (Å²) in [4.78, 5) is 23.5. The van der Waals surface area contributed by atoms with Crippen molar-refractivity contribution < 1.29 is 19.4 Å². The van der Waals surface area contributed by atoms with Gasteiger partial charge < -0.3 is 25.8 Å². The number of nitrogens with one attached hydrogen (secondary N) is 1. The zero-order valence-corrected chi connectivity index (χ0v) is 9.60. The summed E-state index contributed by atoms with van der Waals surface area (Å²) in [5, 5.41) is 11.7. The molecule has 0 saturated carbocycles. The van der Waals surface area contributed by atoms with Gasteiger partial charge in [0.15, 0.2) is 0 Å². The van der Waals surface area contributed by atoms with E-state index in [9.17, 15) is 14.7 Å². The van der Waals surface area contributed by atoms with Crippen LogP contribution in [0, 0.1) is 0 Å². The van der Waals surface area contributed by atoms with Crippen molar-refractivity contribution in [3.8, 4) is 0 Å². The van der Waals surface area contributed by atoms with Crippen molar-refractivity contribution >= 4 is 11.8 Å². The summed E-state index contributed by atoms with van der Waals surface area (Å²) in [5.41, 5.74) is 5.06. The first-order valence-corrected chi connectivity index (χ1v) is 4.89. The van der Waals surface area contributed by atoms with E-state index in [0.717, 1.165) is 0 Å². The minimum atomic E-state index is -0.732. The number of nitrogens with two attached hydrogens (primary N) is 1. The van der Waals surface area contributed by atoms with Gasteiger partial charge in [-0.3, -0.25) is 9.59 Å². The fraction of sp³-hybridized carbons (Fsp3) is 0.778. The lowest BCUT2D eigenvalue weighted by molar-refractivity contribution is -0.132. The van der Waals surface area contributed by atoms with Crippen molar-refractivity contribution in [1.29, 1.82) is 0 Å². The van der Waals surface area contributed by atoms with Crippen LogP contribution in [0.1, 0.15) is 0 Å². The molecule has 0 fully saturated rings. The smallest absolute Gasteiger partial charge is 0.241 e. The Labute approximate surface area is 94.5 Å². The molecule has 0 radical (unpaired) electrons. The van der Waals surface area contributed by atoms with Gasteiger partial charge in [0.05, 0.1) is 25.8 Å². The maximum absolute atomic E-state index is 11.4. The molecule has 7 nitrogen and oxygen atoms in total. The molecule has 0 aliphatic heterocycles. The SMILES string of the molecule is COCC(O)CN(C)C(=O)CNC(=O)CN. The van der Waals surface area contributed by atoms with Gasteiger partial charge in [-0.25, -0.2) is 0 Å². The standard InChI is InChI=1S/C9H19N3O4/c1-12(5-7(13)6-16-2)9(15)4-11-8(14)3-10/h7,13H,3-6,10H2,1-2H3,(H,11,14). The van der Waals surface area contributed by atoms with Crippen molar-refractivity contribution in [3.05, 3.63) is 0 Å². The average Bonchev–Trinajstić information content (AvgIpc) is 2.25. The second kappa shape index (κ2) is 8.03. The quantitative estimate of drug-likeness (QED) is 0.452. The monoisotopic (exact) mass is 233 g/mol. The van der Waals surface area contributed by atoms with Gasteiger partial charge in [-0.1, -0.05) is 0 Å². The lowest BCUT2D eigenvalue weighted by atomic mass is 10.3. The number of nitrogens with zero attached hydrogens (tertiary/aromatic N) is 1. The first kappa shape index (κ1) is 14.8. The molecule has 0 spiro atoms. The largest absolute Gasteiger partial charge is 0.389 e. The van der Waals surface area contributed by atoms with Crippen molar-refractivity contribution in [2.24, 2.45) is 5.73 Å². The van der Waals surface area contributed by atoms with Crippen LogP contribution in [0.15, 0.2) is 0 Å². The normalized spacial score (nSPS) is 12.0. The third-order valence-electron chi connectivity index (χ3n) is 1.89. The molecular formula is C9H19N3O4. The maximum Gasteiger partial charge on any atom is 0.241 e. The highest BCUT2D eigenvalue weighted by Crippen LogP contribution is 1.90. The third kappa shape index (κ3) is 6.33. The molecule has 2 amide bonds. The fourth-order valence-electron chi connectivity index (χ4n) is 1.04. The molecular weight excluding hydrogens is 214 g/mol. The third-order valence-corrected chi connectivity index (χ3v) is 1.89. The van der Waals surface area contributed by atoms with E-state index in [1.54, 1.807) is 0 Å². The van der Waals surface area contributed by atoms with E-state index in [2.05, 4.69) is 5.32 Å². The molecule has 4 N–H and O–H groups in total. The summed E-state index contributed by atoms with van der Waals surface area (Å²) < 4.78 is 4.73. The summed E-state index contributed by atoms with van der Waals surface area (Å²) in [6, 6.07) is 0. The number of carbonyl (C=O) groups excluding carboxylic acids is 2. The van der Waals surface area contributed by atoms with Crippen LogP contribution in [0.3, 0.4) is 0 Å². The maximum atomic E-state index is 11.4. The Morgan fingerprint density at radius 3 is 2.69 bits per heavy atom. The Hall–Kier alpha value is -1.18. The molecule has 1 unspecified atom stereocenters. The highest BCUT2D eigenvalue weighted by atomic mass is 16.5. The summed E-state index contributed by atoms with van der Waals surface area (Å²) in [7, 11) is 3.00. The summed E-state index contributed by atoms with van der Waals surface area (Å²) in [6.45, 7) is 0.0491. The van der Waals surface area contributed by atoms with Crippen molar-refractivity contribution in [2.75, 3.05) is 40.4 Å². The topological polar surface area (TPSA) is 105 Å². The van der Waals surface area contributed by atoms with Gasteiger partial charge in [0.25, 0.3) is 0 Å². The predicted octanol–water partition coefficient (Wildman–Crippen LogP) is -2.47. The Bertz CT molecular complexity index is 235. The lowest BCUT2D eigenvalue weighted by Gasteiger charge is -2.20. The lowest BCUT2D eigenvalue weighted by Crippen LogP contribution is -2.43. The average molecular weight is 233 g/mol. The van der Waals surface area contributed by atoms with E-state index in [0.29, 0.717) is 0 Å². The van der Waals surface area contributed by atoms with E-state index in [1.807, 2.05) is 0 Å². The molecule has 0 aromatic rings. The molecule has 0 aromatic heterocycles. The fourth-order valence-corrected chi connectivity index (χ4v) is 1.04. The molecule has 0 saturated heterocycles. The number of aliphatic hydroxyl groups excluding tert-OH is 1. The van der Waals surface area contributed by atoms with Crippen LogP contribution >= 0.6 is 0 Å². The minimum absolute atomic E-state index is 0.119. The predicted molar refractivity (Wildman–Crippen MR) is 57.6 cm³/mol. The van der Waals surface area contributed by atoms with E-state index < -0.39 is 6.10 Å². The highest BCUT2D eigenvalue weighted by Gasteiger charge is 2.13. The summed E-state index contributed by atoms with van der Waals surface area (Å²) >= 11 is 0. The number of hydrogen-bond donors (Lipinski definition) is 3. The number of ether oxygens (including phenoxy) is 1.